The first-order valence-corrected chi connectivity index (χ1v) is 10.7. The van der Waals surface area contributed by atoms with Gasteiger partial charge in [-0.25, -0.2) is 8.42 Å². The van der Waals surface area contributed by atoms with E-state index in [2.05, 4.69) is 15.9 Å². The molecule has 0 amide bonds. The molecular weight excluding hydrogens is 430 g/mol. The third-order valence-electron chi connectivity index (χ3n) is 4.09. The summed E-state index contributed by atoms with van der Waals surface area (Å²) in [6, 6.07) is 11.5. The Morgan fingerprint density at radius 3 is 2.30 bits per heavy atom. The molecule has 0 N–H and O–H groups in total. The van der Waals surface area contributed by atoms with E-state index in [4.69, 9.17) is 4.74 Å². The van der Waals surface area contributed by atoms with E-state index in [-0.39, 0.29) is 10.7 Å². The fraction of sp³-hybridized carbons (Fsp3) is 0.250. The molecule has 0 aliphatic carbocycles. The third-order valence-corrected chi connectivity index (χ3v) is 6.65. The second-order valence-electron chi connectivity index (χ2n) is 5.70. The van der Waals surface area contributed by atoms with Crippen LogP contribution in [0.3, 0.4) is 0 Å². The zero-order valence-corrected chi connectivity index (χ0v) is 17.9. The number of benzene rings is 2. The number of halogens is 1. The molecule has 2 rings (SSSR count). The van der Waals surface area contributed by atoms with Crippen LogP contribution in [0.2, 0.25) is 0 Å². The summed E-state index contributed by atoms with van der Waals surface area (Å²) < 4.78 is 32.5. The molecule has 144 valence electrons. The number of ketones is 1. The minimum Gasteiger partial charge on any atom is -0.496 e. The van der Waals surface area contributed by atoms with E-state index in [0.29, 0.717) is 24.4 Å². The summed E-state index contributed by atoms with van der Waals surface area (Å²) in [5, 5.41) is 0. The maximum absolute atomic E-state index is 12.5. The van der Waals surface area contributed by atoms with Crippen LogP contribution < -0.4 is 4.74 Å². The van der Waals surface area contributed by atoms with Crippen LogP contribution in [0.25, 0.3) is 6.08 Å². The SMILES string of the molecule is CCN(CC)S(=O)(=O)c1ccc(C(=O)C=Cc2cc(Br)ccc2OC)cc1. The largest absolute Gasteiger partial charge is 0.496 e. The predicted octanol–water partition coefficient (Wildman–Crippen LogP) is 4.38. The molecule has 0 saturated carbocycles. The van der Waals surface area contributed by atoms with Crippen LogP contribution in [0.5, 0.6) is 5.75 Å². The van der Waals surface area contributed by atoms with Gasteiger partial charge in [-0.3, -0.25) is 4.79 Å². The van der Waals surface area contributed by atoms with E-state index >= 15 is 0 Å². The first kappa shape index (κ1) is 21.3. The topological polar surface area (TPSA) is 63.7 Å². The van der Waals surface area contributed by atoms with E-state index < -0.39 is 10.0 Å². The number of ether oxygens (including phenoxy) is 1. The molecular formula is C20H22BrNO4S. The van der Waals surface area contributed by atoms with E-state index in [1.165, 1.54) is 34.6 Å². The second-order valence-corrected chi connectivity index (χ2v) is 8.55. The first-order chi connectivity index (χ1) is 12.8. The van der Waals surface area contributed by atoms with Crippen molar-refractivity contribution in [2.75, 3.05) is 20.2 Å². The predicted molar refractivity (Wildman–Crippen MR) is 111 cm³/mol. The highest BCUT2D eigenvalue weighted by atomic mass is 79.9. The van der Waals surface area contributed by atoms with Gasteiger partial charge in [-0.15, -0.1) is 0 Å². The summed E-state index contributed by atoms with van der Waals surface area (Å²) in [6.45, 7) is 4.38. The van der Waals surface area contributed by atoms with Crippen LogP contribution in [0.1, 0.15) is 29.8 Å². The minimum absolute atomic E-state index is 0.181. The second kappa shape index (κ2) is 9.30. The molecule has 0 unspecified atom stereocenters. The normalized spacial score (nSPS) is 11.9. The Labute approximate surface area is 168 Å². The van der Waals surface area contributed by atoms with Crippen LogP contribution in [0.4, 0.5) is 0 Å². The van der Waals surface area contributed by atoms with Crippen molar-refractivity contribution in [3.05, 3.63) is 64.1 Å². The Hall–Kier alpha value is -1.96. The number of carbonyl (C=O) groups is 1. The van der Waals surface area contributed by atoms with E-state index in [0.717, 1.165) is 10.0 Å². The lowest BCUT2D eigenvalue weighted by atomic mass is 10.1. The minimum atomic E-state index is -3.53. The highest BCUT2D eigenvalue weighted by Gasteiger charge is 2.21. The quantitative estimate of drug-likeness (QED) is 0.441. The first-order valence-electron chi connectivity index (χ1n) is 8.49. The van der Waals surface area contributed by atoms with Gasteiger partial charge >= 0.3 is 0 Å². The zero-order valence-electron chi connectivity index (χ0n) is 15.5. The molecule has 0 aliphatic rings. The van der Waals surface area contributed by atoms with Crippen LogP contribution in [0, 0.1) is 0 Å². The fourth-order valence-electron chi connectivity index (χ4n) is 2.60. The summed E-state index contributed by atoms with van der Waals surface area (Å²) >= 11 is 3.39. The Bertz CT molecular complexity index is 933. The summed E-state index contributed by atoms with van der Waals surface area (Å²) in [4.78, 5) is 12.6. The lowest BCUT2D eigenvalue weighted by Gasteiger charge is -2.18. The Balaban J connectivity index is 2.23. The Morgan fingerprint density at radius 2 is 1.74 bits per heavy atom. The fourth-order valence-corrected chi connectivity index (χ4v) is 4.44. The van der Waals surface area contributed by atoms with E-state index in [1.54, 1.807) is 33.1 Å². The molecule has 0 saturated heterocycles. The number of hydrogen-bond acceptors (Lipinski definition) is 4. The average Bonchev–Trinajstić information content (AvgIpc) is 2.67. The molecule has 0 radical (unpaired) electrons. The molecule has 0 aromatic heterocycles. The molecule has 27 heavy (non-hydrogen) atoms. The van der Waals surface area contributed by atoms with Gasteiger partial charge in [-0.05, 0) is 54.6 Å². The summed E-state index contributed by atoms with van der Waals surface area (Å²) in [5.41, 5.74) is 1.18. The maximum Gasteiger partial charge on any atom is 0.243 e. The van der Waals surface area contributed by atoms with Crippen molar-refractivity contribution in [3.63, 3.8) is 0 Å². The van der Waals surface area contributed by atoms with Gasteiger partial charge in [0.05, 0.1) is 12.0 Å². The monoisotopic (exact) mass is 451 g/mol. The van der Waals surface area contributed by atoms with Gasteiger partial charge in [-0.2, -0.15) is 4.31 Å². The van der Waals surface area contributed by atoms with Gasteiger partial charge in [0.2, 0.25) is 10.0 Å². The molecule has 0 spiro atoms. The van der Waals surface area contributed by atoms with Gasteiger partial charge in [0, 0.05) is 28.7 Å². The number of carbonyl (C=O) groups excluding carboxylic acids is 1. The summed E-state index contributed by atoms with van der Waals surface area (Å²) in [7, 11) is -1.96. The molecule has 2 aromatic carbocycles. The maximum atomic E-state index is 12.5. The summed E-state index contributed by atoms with van der Waals surface area (Å²) in [6.07, 6.45) is 3.12. The molecule has 0 fully saturated rings. The Kier molecular flexibility index (Phi) is 7.35. The number of sulfonamides is 1. The van der Waals surface area contributed by atoms with Crippen molar-refractivity contribution in [2.45, 2.75) is 18.7 Å². The average molecular weight is 452 g/mol. The van der Waals surface area contributed by atoms with Crippen molar-refractivity contribution in [1.82, 2.24) is 4.31 Å². The molecule has 0 atom stereocenters. The number of allylic oxidation sites excluding steroid dienone is 1. The van der Waals surface area contributed by atoms with Gasteiger partial charge in [-0.1, -0.05) is 29.8 Å². The molecule has 5 nitrogen and oxygen atoms in total. The number of hydrogen-bond donors (Lipinski definition) is 0. The van der Waals surface area contributed by atoms with Crippen LogP contribution in [-0.2, 0) is 10.0 Å². The lowest BCUT2D eigenvalue weighted by molar-refractivity contribution is 0.104. The highest BCUT2D eigenvalue weighted by molar-refractivity contribution is 9.10. The molecule has 0 heterocycles. The van der Waals surface area contributed by atoms with Crippen molar-refractivity contribution < 1.29 is 17.9 Å². The van der Waals surface area contributed by atoms with Gasteiger partial charge in [0.1, 0.15) is 5.75 Å². The van der Waals surface area contributed by atoms with Crippen molar-refractivity contribution in [2.24, 2.45) is 0 Å². The smallest absolute Gasteiger partial charge is 0.243 e. The molecule has 2 aromatic rings. The van der Waals surface area contributed by atoms with E-state index in [9.17, 15) is 13.2 Å². The zero-order chi connectivity index (χ0) is 20.0. The van der Waals surface area contributed by atoms with Crippen molar-refractivity contribution in [3.8, 4) is 5.75 Å². The van der Waals surface area contributed by atoms with Crippen molar-refractivity contribution in [1.29, 1.82) is 0 Å². The van der Waals surface area contributed by atoms with Crippen LogP contribution in [0.15, 0.2) is 57.9 Å². The number of rotatable bonds is 8. The third kappa shape index (κ3) is 5.06. The van der Waals surface area contributed by atoms with Crippen LogP contribution >= 0.6 is 15.9 Å². The van der Waals surface area contributed by atoms with Gasteiger partial charge < -0.3 is 4.74 Å². The molecule has 0 bridgehead atoms. The number of methoxy groups -OCH3 is 1. The highest BCUT2D eigenvalue weighted by Crippen LogP contribution is 2.24. The lowest BCUT2D eigenvalue weighted by Crippen LogP contribution is -2.30. The molecule has 7 heteroatoms. The van der Waals surface area contributed by atoms with Crippen molar-refractivity contribution >= 4 is 37.8 Å². The van der Waals surface area contributed by atoms with Gasteiger partial charge in [0.25, 0.3) is 0 Å². The van der Waals surface area contributed by atoms with Gasteiger partial charge in [0.15, 0.2) is 5.78 Å². The van der Waals surface area contributed by atoms with E-state index in [1.807, 2.05) is 12.1 Å². The Morgan fingerprint density at radius 1 is 1.11 bits per heavy atom. The van der Waals surface area contributed by atoms with Crippen LogP contribution in [-0.4, -0.2) is 38.7 Å². The standard InChI is InChI=1S/C20H22BrNO4S/c1-4-22(5-2)27(24,25)18-10-6-15(7-11-18)19(23)12-8-16-14-17(21)9-13-20(16)26-3/h6-14H,4-5H2,1-3H3. The molecule has 0 aliphatic heterocycles. The number of nitrogens with zero attached hydrogens (tertiary/aromatic N) is 1. The summed E-state index contributed by atoms with van der Waals surface area (Å²) in [5.74, 6) is 0.437.